The van der Waals surface area contributed by atoms with Crippen LogP contribution in [-0.2, 0) is 13.6 Å². The molecule has 0 unspecified atom stereocenters. The zero-order valence-electron chi connectivity index (χ0n) is 10.2. The number of halogens is 1. The summed E-state index contributed by atoms with van der Waals surface area (Å²) >= 11 is 0. The molecule has 4 nitrogen and oxygen atoms in total. The van der Waals surface area contributed by atoms with Crippen LogP contribution in [0.15, 0.2) is 12.4 Å². The molecule has 0 amide bonds. The molecule has 0 saturated carbocycles. The van der Waals surface area contributed by atoms with Crippen molar-refractivity contribution in [1.82, 2.24) is 20.0 Å². The lowest BCUT2D eigenvalue weighted by atomic mass is 10.1. The molecule has 1 fully saturated rings. The van der Waals surface area contributed by atoms with Gasteiger partial charge in [-0.3, -0.25) is 9.58 Å². The minimum atomic E-state index is 0. The smallest absolute Gasteiger partial charge is 0.0534 e. The molecule has 1 aliphatic heterocycles. The molecule has 0 spiro atoms. The van der Waals surface area contributed by atoms with E-state index in [9.17, 15) is 0 Å². The predicted octanol–water partition coefficient (Wildman–Crippen LogP) is 1.02. The van der Waals surface area contributed by atoms with Crippen LogP contribution in [-0.4, -0.2) is 39.9 Å². The number of aryl methyl sites for hydroxylation is 1. The van der Waals surface area contributed by atoms with E-state index in [1.807, 2.05) is 17.9 Å². The second kappa shape index (κ2) is 5.66. The lowest BCUT2D eigenvalue weighted by Crippen LogP contribution is -2.54. The van der Waals surface area contributed by atoms with Gasteiger partial charge < -0.3 is 5.32 Å². The Labute approximate surface area is 103 Å². The summed E-state index contributed by atoms with van der Waals surface area (Å²) in [6, 6.07) is 1.21. The van der Waals surface area contributed by atoms with Crippen LogP contribution in [0.2, 0.25) is 0 Å². The van der Waals surface area contributed by atoms with Gasteiger partial charge in [-0.25, -0.2) is 0 Å². The Hall–Kier alpha value is -0.580. The second-order valence-electron chi connectivity index (χ2n) is 4.55. The van der Waals surface area contributed by atoms with Gasteiger partial charge in [0.25, 0.3) is 0 Å². The SMILES string of the molecule is C[C@@H]1CNC[C@H](C)N1Cc1cnn(C)c1.Cl. The van der Waals surface area contributed by atoms with Gasteiger partial charge in [0.05, 0.1) is 6.20 Å². The number of nitrogens with zero attached hydrogens (tertiary/aromatic N) is 3. The third kappa shape index (κ3) is 2.97. The maximum absolute atomic E-state index is 4.21. The van der Waals surface area contributed by atoms with Crippen molar-refractivity contribution in [2.75, 3.05) is 13.1 Å². The summed E-state index contributed by atoms with van der Waals surface area (Å²) < 4.78 is 1.87. The molecule has 1 aromatic heterocycles. The quantitative estimate of drug-likeness (QED) is 0.844. The zero-order valence-corrected chi connectivity index (χ0v) is 11.0. The second-order valence-corrected chi connectivity index (χ2v) is 4.55. The van der Waals surface area contributed by atoms with Gasteiger partial charge in [0, 0.05) is 50.5 Å². The fourth-order valence-electron chi connectivity index (χ4n) is 2.25. The van der Waals surface area contributed by atoms with Gasteiger partial charge in [0.2, 0.25) is 0 Å². The molecule has 5 heteroatoms. The van der Waals surface area contributed by atoms with Crippen LogP contribution < -0.4 is 5.32 Å². The van der Waals surface area contributed by atoms with Gasteiger partial charge in [-0.2, -0.15) is 5.10 Å². The van der Waals surface area contributed by atoms with Gasteiger partial charge >= 0.3 is 0 Å². The van der Waals surface area contributed by atoms with E-state index in [1.165, 1.54) is 5.56 Å². The van der Waals surface area contributed by atoms with E-state index in [-0.39, 0.29) is 12.4 Å². The van der Waals surface area contributed by atoms with Gasteiger partial charge in [-0.05, 0) is 13.8 Å². The Balaban J connectivity index is 0.00000128. The van der Waals surface area contributed by atoms with Crippen molar-refractivity contribution >= 4 is 12.4 Å². The van der Waals surface area contributed by atoms with E-state index in [2.05, 4.69) is 35.4 Å². The Morgan fingerprint density at radius 1 is 1.38 bits per heavy atom. The largest absolute Gasteiger partial charge is 0.314 e. The summed E-state index contributed by atoms with van der Waals surface area (Å²) in [5.74, 6) is 0. The van der Waals surface area contributed by atoms with E-state index < -0.39 is 0 Å². The van der Waals surface area contributed by atoms with Crippen LogP contribution in [0.3, 0.4) is 0 Å². The molecular weight excluding hydrogens is 224 g/mol. The van der Waals surface area contributed by atoms with Crippen LogP contribution in [0.4, 0.5) is 0 Å². The molecule has 1 aliphatic rings. The first-order chi connectivity index (χ1) is 7.16. The first-order valence-corrected chi connectivity index (χ1v) is 5.61. The Morgan fingerprint density at radius 3 is 2.50 bits per heavy atom. The summed E-state index contributed by atoms with van der Waals surface area (Å²) in [6.07, 6.45) is 4.06. The first kappa shape index (κ1) is 13.5. The molecule has 1 aromatic rings. The highest BCUT2D eigenvalue weighted by Gasteiger charge is 2.24. The third-order valence-electron chi connectivity index (χ3n) is 3.14. The van der Waals surface area contributed by atoms with E-state index in [4.69, 9.17) is 0 Å². The monoisotopic (exact) mass is 244 g/mol. The van der Waals surface area contributed by atoms with E-state index >= 15 is 0 Å². The van der Waals surface area contributed by atoms with Crippen molar-refractivity contribution in [2.45, 2.75) is 32.5 Å². The van der Waals surface area contributed by atoms with Crippen molar-refractivity contribution in [3.63, 3.8) is 0 Å². The van der Waals surface area contributed by atoms with Crippen LogP contribution in [0.5, 0.6) is 0 Å². The van der Waals surface area contributed by atoms with Gasteiger partial charge in [-0.15, -0.1) is 12.4 Å². The highest BCUT2D eigenvalue weighted by Crippen LogP contribution is 2.13. The fourth-order valence-corrected chi connectivity index (χ4v) is 2.25. The van der Waals surface area contributed by atoms with Gasteiger partial charge in [0.1, 0.15) is 0 Å². The normalized spacial score (nSPS) is 26.4. The number of nitrogens with one attached hydrogen (secondary N) is 1. The van der Waals surface area contributed by atoms with Crippen LogP contribution in [0, 0.1) is 0 Å². The molecule has 2 heterocycles. The standard InChI is InChI=1S/C11H20N4.ClH/c1-9-4-12-5-10(2)15(9)8-11-6-13-14(3)7-11;/h6-7,9-10,12H,4-5,8H2,1-3H3;1H/t9-,10+;. The zero-order chi connectivity index (χ0) is 10.8. The van der Waals surface area contributed by atoms with Crippen LogP contribution >= 0.6 is 12.4 Å². The molecule has 1 saturated heterocycles. The molecule has 0 bridgehead atoms. The van der Waals surface area contributed by atoms with E-state index in [1.54, 1.807) is 0 Å². The third-order valence-corrected chi connectivity index (χ3v) is 3.14. The van der Waals surface area contributed by atoms with Crippen LogP contribution in [0.1, 0.15) is 19.4 Å². The number of hydrogen-bond donors (Lipinski definition) is 1. The molecule has 0 radical (unpaired) electrons. The molecule has 1 N–H and O–H groups in total. The minimum absolute atomic E-state index is 0. The van der Waals surface area contributed by atoms with Gasteiger partial charge in [-0.1, -0.05) is 0 Å². The summed E-state index contributed by atoms with van der Waals surface area (Å²) in [4.78, 5) is 2.54. The fraction of sp³-hybridized carbons (Fsp3) is 0.727. The molecule has 2 rings (SSSR count). The molecule has 0 aliphatic carbocycles. The number of aromatic nitrogens is 2. The minimum Gasteiger partial charge on any atom is -0.314 e. The molecule has 0 aromatic carbocycles. The lowest BCUT2D eigenvalue weighted by Gasteiger charge is -2.39. The maximum Gasteiger partial charge on any atom is 0.0534 e. The summed E-state index contributed by atoms with van der Waals surface area (Å²) in [5, 5.41) is 7.65. The number of hydrogen-bond acceptors (Lipinski definition) is 3. The van der Waals surface area contributed by atoms with Crippen molar-refractivity contribution in [1.29, 1.82) is 0 Å². The summed E-state index contributed by atoms with van der Waals surface area (Å²) in [6.45, 7) is 7.74. The molecule has 92 valence electrons. The number of piperazine rings is 1. The van der Waals surface area contributed by atoms with Crippen molar-refractivity contribution in [3.8, 4) is 0 Å². The van der Waals surface area contributed by atoms with Crippen molar-refractivity contribution in [3.05, 3.63) is 18.0 Å². The Bertz CT molecular complexity index is 316. The Morgan fingerprint density at radius 2 is 2.00 bits per heavy atom. The van der Waals surface area contributed by atoms with Crippen molar-refractivity contribution in [2.24, 2.45) is 7.05 Å². The van der Waals surface area contributed by atoms with E-state index in [0.29, 0.717) is 12.1 Å². The molecule has 16 heavy (non-hydrogen) atoms. The highest BCUT2D eigenvalue weighted by molar-refractivity contribution is 5.85. The van der Waals surface area contributed by atoms with Gasteiger partial charge in [0.15, 0.2) is 0 Å². The maximum atomic E-state index is 4.21. The van der Waals surface area contributed by atoms with E-state index in [0.717, 1.165) is 19.6 Å². The summed E-state index contributed by atoms with van der Waals surface area (Å²) in [7, 11) is 1.97. The molecule has 2 atom stereocenters. The number of rotatable bonds is 2. The highest BCUT2D eigenvalue weighted by atomic mass is 35.5. The molecular formula is C11H21ClN4. The Kier molecular flexibility index (Phi) is 4.77. The predicted molar refractivity (Wildman–Crippen MR) is 67.8 cm³/mol. The van der Waals surface area contributed by atoms with Crippen LogP contribution in [0.25, 0.3) is 0 Å². The average Bonchev–Trinajstić information content (AvgIpc) is 2.58. The summed E-state index contributed by atoms with van der Waals surface area (Å²) in [5.41, 5.74) is 1.30. The lowest BCUT2D eigenvalue weighted by molar-refractivity contribution is 0.109. The average molecular weight is 245 g/mol. The van der Waals surface area contributed by atoms with Crippen molar-refractivity contribution < 1.29 is 0 Å². The topological polar surface area (TPSA) is 33.1 Å². The first-order valence-electron chi connectivity index (χ1n) is 5.61.